The number of benzene rings is 2. The van der Waals surface area contributed by atoms with E-state index < -0.39 is 0 Å². The predicted octanol–water partition coefficient (Wildman–Crippen LogP) is 3.57. The molecule has 0 aliphatic rings. The van der Waals surface area contributed by atoms with Gasteiger partial charge in [0.05, 0.1) is 11.3 Å². The molecule has 0 saturated heterocycles. The zero-order valence-electron chi connectivity index (χ0n) is 11.4. The SMILES string of the molecule is CC(=O)Nc1ccc(Nc2ccc(C)cc2C#N)cc1. The number of carbonyl (C=O) groups is 1. The highest BCUT2D eigenvalue weighted by Crippen LogP contribution is 2.22. The van der Waals surface area contributed by atoms with Gasteiger partial charge in [-0.25, -0.2) is 0 Å². The predicted molar refractivity (Wildman–Crippen MR) is 79.9 cm³/mol. The molecule has 0 bridgehead atoms. The molecule has 0 unspecified atom stereocenters. The van der Waals surface area contributed by atoms with E-state index in [0.717, 1.165) is 22.6 Å². The van der Waals surface area contributed by atoms with Gasteiger partial charge in [0.25, 0.3) is 0 Å². The molecule has 0 heterocycles. The number of rotatable bonds is 3. The molecule has 0 aromatic heterocycles. The molecule has 0 radical (unpaired) electrons. The number of carbonyl (C=O) groups excluding carboxylic acids is 1. The molecule has 1 amide bonds. The van der Waals surface area contributed by atoms with Gasteiger partial charge in [-0.1, -0.05) is 6.07 Å². The van der Waals surface area contributed by atoms with E-state index in [4.69, 9.17) is 5.26 Å². The third-order valence-corrected chi connectivity index (χ3v) is 2.78. The van der Waals surface area contributed by atoms with Gasteiger partial charge in [-0.15, -0.1) is 0 Å². The molecule has 0 spiro atoms. The van der Waals surface area contributed by atoms with E-state index in [2.05, 4.69) is 16.7 Å². The highest BCUT2D eigenvalue weighted by atomic mass is 16.1. The van der Waals surface area contributed by atoms with E-state index in [1.165, 1.54) is 6.92 Å². The molecule has 0 atom stereocenters. The Morgan fingerprint density at radius 2 is 1.75 bits per heavy atom. The zero-order chi connectivity index (χ0) is 14.5. The van der Waals surface area contributed by atoms with Crippen molar-refractivity contribution in [3.8, 4) is 6.07 Å². The van der Waals surface area contributed by atoms with Crippen molar-refractivity contribution in [1.82, 2.24) is 0 Å². The molecular formula is C16H15N3O. The van der Waals surface area contributed by atoms with Gasteiger partial charge in [-0.05, 0) is 48.9 Å². The summed E-state index contributed by atoms with van der Waals surface area (Å²) in [6, 6.07) is 15.2. The molecule has 100 valence electrons. The topological polar surface area (TPSA) is 64.9 Å². The summed E-state index contributed by atoms with van der Waals surface area (Å²) in [4.78, 5) is 10.9. The van der Waals surface area contributed by atoms with Crippen molar-refractivity contribution in [3.05, 3.63) is 53.6 Å². The quantitative estimate of drug-likeness (QED) is 0.891. The summed E-state index contributed by atoms with van der Waals surface area (Å²) in [5.74, 6) is -0.101. The number of nitrogens with one attached hydrogen (secondary N) is 2. The van der Waals surface area contributed by atoms with Crippen molar-refractivity contribution in [3.63, 3.8) is 0 Å². The molecule has 2 aromatic rings. The molecule has 2 aromatic carbocycles. The van der Waals surface area contributed by atoms with Crippen LogP contribution in [-0.4, -0.2) is 5.91 Å². The maximum Gasteiger partial charge on any atom is 0.221 e. The lowest BCUT2D eigenvalue weighted by molar-refractivity contribution is -0.114. The van der Waals surface area contributed by atoms with Gasteiger partial charge < -0.3 is 10.6 Å². The minimum Gasteiger partial charge on any atom is -0.354 e. The molecule has 0 saturated carbocycles. The highest BCUT2D eigenvalue weighted by molar-refractivity contribution is 5.88. The van der Waals surface area contributed by atoms with Crippen LogP contribution in [0, 0.1) is 18.3 Å². The number of aryl methyl sites for hydroxylation is 1. The summed E-state index contributed by atoms with van der Waals surface area (Å²) in [5, 5.41) is 15.0. The normalized spacial score (nSPS) is 9.65. The molecular weight excluding hydrogens is 250 g/mol. The Hall–Kier alpha value is -2.80. The van der Waals surface area contributed by atoms with Crippen LogP contribution in [0.2, 0.25) is 0 Å². The maximum absolute atomic E-state index is 10.9. The lowest BCUT2D eigenvalue weighted by atomic mass is 10.1. The van der Waals surface area contributed by atoms with Gasteiger partial charge >= 0.3 is 0 Å². The molecule has 4 nitrogen and oxygen atoms in total. The number of anilines is 3. The number of amides is 1. The van der Waals surface area contributed by atoms with E-state index in [0.29, 0.717) is 5.56 Å². The van der Waals surface area contributed by atoms with E-state index in [-0.39, 0.29) is 5.91 Å². The standard InChI is InChI=1S/C16H15N3O/c1-11-3-8-16(13(9-11)10-17)19-15-6-4-14(5-7-15)18-12(2)20/h3-9,19H,1-2H3,(H,18,20). The number of hydrogen-bond donors (Lipinski definition) is 2. The number of hydrogen-bond acceptors (Lipinski definition) is 3. The fourth-order valence-electron chi connectivity index (χ4n) is 1.86. The monoisotopic (exact) mass is 265 g/mol. The van der Waals surface area contributed by atoms with Crippen molar-refractivity contribution < 1.29 is 4.79 Å². The first-order valence-corrected chi connectivity index (χ1v) is 6.24. The average Bonchev–Trinajstić information content (AvgIpc) is 2.42. The van der Waals surface area contributed by atoms with Gasteiger partial charge in [0.2, 0.25) is 5.91 Å². The molecule has 4 heteroatoms. The molecule has 0 aliphatic carbocycles. The van der Waals surface area contributed by atoms with Crippen LogP contribution in [0.3, 0.4) is 0 Å². The second-order valence-corrected chi connectivity index (χ2v) is 4.54. The summed E-state index contributed by atoms with van der Waals surface area (Å²) in [7, 11) is 0. The lowest BCUT2D eigenvalue weighted by Gasteiger charge is -2.10. The van der Waals surface area contributed by atoms with Gasteiger partial charge in [0, 0.05) is 18.3 Å². The van der Waals surface area contributed by atoms with E-state index in [1.807, 2.05) is 49.4 Å². The van der Waals surface area contributed by atoms with Crippen LogP contribution in [0.4, 0.5) is 17.1 Å². The Morgan fingerprint density at radius 1 is 1.10 bits per heavy atom. The summed E-state index contributed by atoms with van der Waals surface area (Å²) >= 11 is 0. The van der Waals surface area contributed by atoms with E-state index >= 15 is 0 Å². The van der Waals surface area contributed by atoms with Gasteiger partial charge in [0.15, 0.2) is 0 Å². The molecule has 0 aliphatic heterocycles. The third kappa shape index (κ3) is 3.36. The van der Waals surface area contributed by atoms with Crippen LogP contribution >= 0.6 is 0 Å². The average molecular weight is 265 g/mol. The molecule has 2 N–H and O–H groups in total. The van der Waals surface area contributed by atoms with Crippen LogP contribution in [0.5, 0.6) is 0 Å². The minimum absolute atomic E-state index is 0.101. The van der Waals surface area contributed by atoms with Gasteiger partial charge in [-0.3, -0.25) is 4.79 Å². The summed E-state index contributed by atoms with van der Waals surface area (Å²) in [6.07, 6.45) is 0. The van der Waals surface area contributed by atoms with Crippen molar-refractivity contribution in [2.75, 3.05) is 10.6 Å². The van der Waals surface area contributed by atoms with Crippen molar-refractivity contribution >= 4 is 23.0 Å². The highest BCUT2D eigenvalue weighted by Gasteiger charge is 2.03. The van der Waals surface area contributed by atoms with Gasteiger partial charge in [-0.2, -0.15) is 5.26 Å². The van der Waals surface area contributed by atoms with Crippen molar-refractivity contribution in [2.45, 2.75) is 13.8 Å². The van der Waals surface area contributed by atoms with Gasteiger partial charge in [0.1, 0.15) is 6.07 Å². The summed E-state index contributed by atoms with van der Waals surface area (Å²) in [5.41, 5.74) is 4.03. The smallest absolute Gasteiger partial charge is 0.221 e. The Labute approximate surface area is 118 Å². The van der Waals surface area contributed by atoms with Crippen molar-refractivity contribution in [2.24, 2.45) is 0 Å². The van der Waals surface area contributed by atoms with E-state index in [1.54, 1.807) is 0 Å². The zero-order valence-corrected chi connectivity index (χ0v) is 11.4. The van der Waals surface area contributed by atoms with Crippen LogP contribution < -0.4 is 10.6 Å². The van der Waals surface area contributed by atoms with Crippen LogP contribution in [0.25, 0.3) is 0 Å². The Morgan fingerprint density at radius 3 is 2.35 bits per heavy atom. The van der Waals surface area contributed by atoms with E-state index in [9.17, 15) is 4.79 Å². The number of nitriles is 1. The first kappa shape index (κ1) is 13.6. The first-order valence-electron chi connectivity index (χ1n) is 6.24. The summed E-state index contributed by atoms with van der Waals surface area (Å²) < 4.78 is 0. The van der Waals surface area contributed by atoms with Crippen LogP contribution in [0.1, 0.15) is 18.1 Å². The Balaban J connectivity index is 2.18. The van der Waals surface area contributed by atoms with Crippen molar-refractivity contribution in [1.29, 1.82) is 5.26 Å². The Bertz CT molecular complexity index is 669. The maximum atomic E-state index is 10.9. The second-order valence-electron chi connectivity index (χ2n) is 4.54. The largest absolute Gasteiger partial charge is 0.354 e. The third-order valence-electron chi connectivity index (χ3n) is 2.78. The lowest BCUT2D eigenvalue weighted by Crippen LogP contribution is -2.05. The number of nitrogens with zero attached hydrogens (tertiary/aromatic N) is 1. The molecule has 2 rings (SSSR count). The summed E-state index contributed by atoms with van der Waals surface area (Å²) in [6.45, 7) is 3.42. The first-order chi connectivity index (χ1) is 9.58. The second kappa shape index (κ2) is 5.89. The fraction of sp³-hybridized carbons (Fsp3) is 0.125. The molecule has 0 fully saturated rings. The minimum atomic E-state index is -0.101. The molecule has 20 heavy (non-hydrogen) atoms. The fourth-order valence-corrected chi connectivity index (χ4v) is 1.86. The Kier molecular flexibility index (Phi) is 4.02. The van der Waals surface area contributed by atoms with Crippen LogP contribution in [-0.2, 0) is 4.79 Å². The van der Waals surface area contributed by atoms with Crippen LogP contribution in [0.15, 0.2) is 42.5 Å².